The summed E-state index contributed by atoms with van der Waals surface area (Å²) in [5.41, 5.74) is 2.44. The standard InChI is InChI=1S/C15H18BrN3/c1-3-7-11-8-5-6-9-12(11)17-15-10-13(16)18-14(4-2)19-15/h5-6,8-10H,3-4,7H2,1-2H3,(H,17,18,19). The summed E-state index contributed by atoms with van der Waals surface area (Å²) >= 11 is 3.43. The third kappa shape index (κ3) is 3.77. The molecule has 3 nitrogen and oxygen atoms in total. The van der Waals surface area contributed by atoms with Crippen molar-refractivity contribution in [2.75, 3.05) is 5.32 Å². The van der Waals surface area contributed by atoms with Crippen LogP contribution in [0.25, 0.3) is 0 Å². The van der Waals surface area contributed by atoms with Gasteiger partial charge >= 0.3 is 0 Å². The van der Waals surface area contributed by atoms with Crippen LogP contribution >= 0.6 is 15.9 Å². The van der Waals surface area contributed by atoms with Crippen molar-refractivity contribution in [3.8, 4) is 0 Å². The molecule has 0 saturated heterocycles. The molecule has 2 rings (SSSR count). The molecule has 0 aliphatic carbocycles. The van der Waals surface area contributed by atoms with Crippen LogP contribution in [0.3, 0.4) is 0 Å². The van der Waals surface area contributed by atoms with Crippen LogP contribution in [0.4, 0.5) is 11.5 Å². The maximum Gasteiger partial charge on any atom is 0.135 e. The Labute approximate surface area is 122 Å². The molecule has 2 aromatic rings. The highest BCUT2D eigenvalue weighted by molar-refractivity contribution is 9.10. The minimum Gasteiger partial charge on any atom is -0.340 e. The average molecular weight is 320 g/mol. The van der Waals surface area contributed by atoms with Crippen LogP contribution in [-0.2, 0) is 12.8 Å². The zero-order valence-electron chi connectivity index (χ0n) is 11.3. The highest BCUT2D eigenvalue weighted by Crippen LogP contribution is 2.22. The SMILES string of the molecule is CCCc1ccccc1Nc1cc(Br)nc(CC)n1. The van der Waals surface area contributed by atoms with Gasteiger partial charge in [0.15, 0.2) is 0 Å². The Morgan fingerprint density at radius 1 is 1.16 bits per heavy atom. The van der Waals surface area contributed by atoms with Gasteiger partial charge in [-0.1, -0.05) is 38.5 Å². The average Bonchev–Trinajstić information content (AvgIpc) is 2.40. The van der Waals surface area contributed by atoms with Crippen molar-refractivity contribution in [3.05, 3.63) is 46.3 Å². The largest absolute Gasteiger partial charge is 0.340 e. The predicted octanol–water partition coefficient (Wildman–Crippen LogP) is 4.50. The molecule has 0 bridgehead atoms. The van der Waals surface area contributed by atoms with E-state index < -0.39 is 0 Å². The number of para-hydroxylation sites is 1. The van der Waals surface area contributed by atoms with E-state index in [9.17, 15) is 0 Å². The molecule has 1 aromatic heterocycles. The summed E-state index contributed by atoms with van der Waals surface area (Å²) in [4.78, 5) is 8.81. The highest BCUT2D eigenvalue weighted by atomic mass is 79.9. The lowest BCUT2D eigenvalue weighted by molar-refractivity contribution is 0.918. The van der Waals surface area contributed by atoms with Gasteiger partial charge in [-0.15, -0.1) is 0 Å². The fourth-order valence-corrected chi connectivity index (χ4v) is 2.38. The zero-order chi connectivity index (χ0) is 13.7. The molecule has 0 unspecified atom stereocenters. The normalized spacial score (nSPS) is 10.5. The first-order valence-electron chi connectivity index (χ1n) is 6.61. The van der Waals surface area contributed by atoms with Crippen molar-refractivity contribution in [3.63, 3.8) is 0 Å². The molecule has 0 aliphatic heterocycles. The van der Waals surface area contributed by atoms with E-state index in [2.05, 4.69) is 63.3 Å². The molecule has 0 fully saturated rings. The summed E-state index contributed by atoms with van der Waals surface area (Å²) in [5, 5.41) is 3.39. The van der Waals surface area contributed by atoms with E-state index in [1.807, 2.05) is 12.1 Å². The molecule has 0 aliphatic rings. The van der Waals surface area contributed by atoms with Crippen LogP contribution in [0.1, 0.15) is 31.7 Å². The van der Waals surface area contributed by atoms with Gasteiger partial charge in [-0.05, 0) is 34.0 Å². The molecular weight excluding hydrogens is 302 g/mol. The second kappa shape index (κ2) is 6.66. The highest BCUT2D eigenvalue weighted by Gasteiger charge is 2.05. The number of aromatic nitrogens is 2. The van der Waals surface area contributed by atoms with Crippen LogP contribution in [0.15, 0.2) is 34.9 Å². The topological polar surface area (TPSA) is 37.8 Å². The van der Waals surface area contributed by atoms with Crippen LogP contribution in [0, 0.1) is 0 Å². The Hall–Kier alpha value is -1.42. The Balaban J connectivity index is 2.28. The number of anilines is 2. The lowest BCUT2D eigenvalue weighted by Gasteiger charge is -2.11. The molecule has 0 atom stereocenters. The number of aryl methyl sites for hydroxylation is 2. The van der Waals surface area contributed by atoms with Crippen molar-refractivity contribution in [2.45, 2.75) is 33.1 Å². The van der Waals surface area contributed by atoms with Gasteiger partial charge in [0.05, 0.1) is 0 Å². The van der Waals surface area contributed by atoms with Crippen LogP contribution < -0.4 is 5.32 Å². The minimum absolute atomic E-state index is 0.815. The summed E-state index contributed by atoms with van der Waals surface area (Å²) in [7, 11) is 0. The van der Waals surface area contributed by atoms with E-state index in [1.54, 1.807) is 0 Å². The summed E-state index contributed by atoms with van der Waals surface area (Å²) in [5.74, 6) is 1.67. The summed E-state index contributed by atoms with van der Waals surface area (Å²) in [6.07, 6.45) is 3.02. The Morgan fingerprint density at radius 2 is 1.95 bits per heavy atom. The first kappa shape index (κ1) is 14.0. The lowest BCUT2D eigenvalue weighted by Crippen LogP contribution is -2.01. The van der Waals surface area contributed by atoms with Crippen molar-refractivity contribution in [1.82, 2.24) is 9.97 Å². The maximum absolute atomic E-state index is 4.50. The molecule has 1 N–H and O–H groups in total. The Morgan fingerprint density at radius 3 is 2.68 bits per heavy atom. The quantitative estimate of drug-likeness (QED) is 0.825. The number of nitrogens with zero attached hydrogens (tertiary/aromatic N) is 2. The number of rotatable bonds is 5. The summed E-state index contributed by atoms with van der Waals surface area (Å²) < 4.78 is 0.815. The lowest BCUT2D eigenvalue weighted by atomic mass is 10.1. The molecule has 1 heterocycles. The van der Waals surface area contributed by atoms with Gasteiger partial charge in [0.25, 0.3) is 0 Å². The number of hydrogen-bond donors (Lipinski definition) is 1. The summed E-state index contributed by atoms with van der Waals surface area (Å²) in [6, 6.07) is 10.3. The van der Waals surface area contributed by atoms with Gasteiger partial charge in [0.2, 0.25) is 0 Å². The van der Waals surface area contributed by atoms with E-state index in [0.29, 0.717) is 0 Å². The number of halogens is 1. The van der Waals surface area contributed by atoms with Crippen molar-refractivity contribution < 1.29 is 0 Å². The van der Waals surface area contributed by atoms with E-state index in [4.69, 9.17) is 0 Å². The Bertz CT molecular complexity index is 555. The van der Waals surface area contributed by atoms with E-state index in [1.165, 1.54) is 5.56 Å². The monoisotopic (exact) mass is 319 g/mol. The van der Waals surface area contributed by atoms with Crippen molar-refractivity contribution in [1.29, 1.82) is 0 Å². The van der Waals surface area contributed by atoms with Gasteiger partial charge in [-0.3, -0.25) is 0 Å². The van der Waals surface area contributed by atoms with E-state index in [-0.39, 0.29) is 0 Å². The minimum atomic E-state index is 0.815. The van der Waals surface area contributed by atoms with Crippen LogP contribution in [-0.4, -0.2) is 9.97 Å². The molecular formula is C15H18BrN3. The van der Waals surface area contributed by atoms with Crippen LogP contribution in [0.5, 0.6) is 0 Å². The summed E-state index contributed by atoms with van der Waals surface area (Å²) in [6.45, 7) is 4.24. The third-order valence-electron chi connectivity index (χ3n) is 2.86. The first-order chi connectivity index (χ1) is 9.22. The van der Waals surface area contributed by atoms with Gasteiger partial charge < -0.3 is 5.32 Å². The van der Waals surface area contributed by atoms with Gasteiger partial charge in [0.1, 0.15) is 16.2 Å². The number of benzene rings is 1. The van der Waals surface area contributed by atoms with E-state index in [0.717, 1.165) is 41.2 Å². The second-order valence-corrected chi connectivity index (χ2v) is 5.19. The number of hydrogen-bond acceptors (Lipinski definition) is 3. The van der Waals surface area contributed by atoms with Gasteiger partial charge in [0, 0.05) is 18.2 Å². The van der Waals surface area contributed by atoms with Crippen molar-refractivity contribution >= 4 is 27.4 Å². The molecule has 0 saturated carbocycles. The molecule has 1 aromatic carbocycles. The van der Waals surface area contributed by atoms with Crippen molar-refractivity contribution in [2.24, 2.45) is 0 Å². The molecule has 0 spiro atoms. The molecule has 4 heteroatoms. The molecule has 0 radical (unpaired) electrons. The molecule has 19 heavy (non-hydrogen) atoms. The Kier molecular flexibility index (Phi) is 4.91. The van der Waals surface area contributed by atoms with Gasteiger partial charge in [-0.2, -0.15) is 0 Å². The second-order valence-electron chi connectivity index (χ2n) is 4.38. The fraction of sp³-hybridized carbons (Fsp3) is 0.333. The molecule has 100 valence electrons. The third-order valence-corrected chi connectivity index (χ3v) is 3.26. The van der Waals surface area contributed by atoms with Crippen LogP contribution in [0.2, 0.25) is 0 Å². The fourth-order valence-electron chi connectivity index (χ4n) is 1.95. The van der Waals surface area contributed by atoms with E-state index >= 15 is 0 Å². The predicted molar refractivity (Wildman–Crippen MR) is 82.8 cm³/mol. The van der Waals surface area contributed by atoms with Gasteiger partial charge in [-0.25, -0.2) is 9.97 Å². The first-order valence-corrected chi connectivity index (χ1v) is 7.40. The number of nitrogens with one attached hydrogen (secondary N) is 1. The smallest absolute Gasteiger partial charge is 0.135 e. The molecule has 0 amide bonds. The zero-order valence-corrected chi connectivity index (χ0v) is 12.9. The maximum atomic E-state index is 4.50.